The number of thioether (sulfide) groups is 4. The van der Waals surface area contributed by atoms with Gasteiger partial charge in [0.2, 0.25) is 0 Å². The first-order chi connectivity index (χ1) is 11.5. The van der Waals surface area contributed by atoms with Gasteiger partial charge < -0.3 is 0 Å². The number of hydrogen-bond acceptors (Lipinski definition) is 4. The van der Waals surface area contributed by atoms with Crippen molar-refractivity contribution < 1.29 is 0 Å². The molecule has 124 valence electrons. The predicted molar refractivity (Wildman–Crippen MR) is 117 cm³/mol. The molecule has 0 fully saturated rings. The first-order valence-corrected chi connectivity index (χ1v) is 11.6. The molecule has 2 aliphatic heterocycles. The van der Waals surface area contributed by atoms with Gasteiger partial charge in [-0.05, 0) is 81.3 Å². The molecule has 0 spiro atoms. The summed E-state index contributed by atoms with van der Waals surface area (Å²) in [5, 5.41) is 2.71. The Kier molecular flexibility index (Phi) is 4.76. The average Bonchev–Trinajstić information content (AvgIpc) is 3.09. The number of benzene rings is 2. The van der Waals surface area contributed by atoms with Crippen LogP contribution in [0.5, 0.6) is 0 Å². The van der Waals surface area contributed by atoms with Crippen LogP contribution in [0.15, 0.2) is 56.0 Å². The molecular formula is C20H20S4. The van der Waals surface area contributed by atoms with Gasteiger partial charge in [0.1, 0.15) is 0 Å². The van der Waals surface area contributed by atoms with E-state index >= 15 is 0 Å². The smallest absolute Gasteiger partial charge is 0.0839 e. The quantitative estimate of drug-likeness (QED) is 0.507. The van der Waals surface area contributed by atoms with Crippen molar-refractivity contribution >= 4 is 57.8 Å². The van der Waals surface area contributed by atoms with Crippen LogP contribution in [0.4, 0.5) is 0 Å². The van der Waals surface area contributed by atoms with E-state index in [-0.39, 0.29) is 0 Å². The van der Waals surface area contributed by atoms with Crippen LogP contribution >= 0.6 is 47.0 Å². The molecule has 4 rings (SSSR count). The van der Waals surface area contributed by atoms with Gasteiger partial charge in [-0.1, -0.05) is 24.3 Å². The number of hydrogen-bond donors (Lipinski definition) is 0. The zero-order valence-corrected chi connectivity index (χ0v) is 17.5. The second kappa shape index (κ2) is 6.71. The molecular weight excluding hydrogens is 368 g/mol. The van der Waals surface area contributed by atoms with E-state index in [1.54, 1.807) is 0 Å². The third kappa shape index (κ3) is 3.18. The number of fused-ring (bicyclic) bond motifs is 1. The van der Waals surface area contributed by atoms with E-state index in [0.29, 0.717) is 9.16 Å². The minimum absolute atomic E-state index is 0.518. The van der Waals surface area contributed by atoms with Gasteiger partial charge in [-0.15, -0.1) is 47.0 Å². The summed E-state index contributed by atoms with van der Waals surface area (Å²) >= 11 is 7.96. The number of allylic oxidation sites excluding steroid dienone is 4. The topological polar surface area (TPSA) is 0 Å². The second-order valence-electron chi connectivity index (χ2n) is 6.23. The van der Waals surface area contributed by atoms with Gasteiger partial charge in [-0.2, -0.15) is 0 Å². The van der Waals surface area contributed by atoms with E-state index in [4.69, 9.17) is 0 Å². The standard InChI is InChI=1S/C20H20S4/c1-11-12(2)22-19(21-11)17-7-5-16-10-18(8-6-15(16)9-17)20-23-13(3)14(4)24-20/h5-10,19-20H,1-4H3. The Bertz CT molecular complexity index is 777. The van der Waals surface area contributed by atoms with Crippen molar-refractivity contribution in [2.45, 2.75) is 36.9 Å². The molecule has 0 nitrogen and oxygen atoms in total. The van der Waals surface area contributed by atoms with E-state index in [2.05, 4.69) is 64.1 Å². The highest BCUT2D eigenvalue weighted by molar-refractivity contribution is 8.23. The lowest BCUT2D eigenvalue weighted by molar-refractivity contribution is 1.39. The summed E-state index contributed by atoms with van der Waals surface area (Å²) < 4.78 is 1.04. The molecule has 0 saturated heterocycles. The Balaban J connectivity index is 1.60. The zero-order valence-electron chi connectivity index (χ0n) is 14.3. The van der Waals surface area contributed by atoms with E-state index in [1.165, 1.54) is 41.5 Å². The molecule has 0 aromatic heterocycles. The van der Waals surface area contributed by atoms with E-state index in [1.807, 2.05) is 47.0 Å². The minimum Gasteiger partial charge on any atom is -0.110 e. The molecule has 0 bridgehead atoms. The normalized spacial score (nSPS) is 20.0. The molecule has 0 saturated carbocycles. The third-order valence-electron chi connectivity index (χ3n) is 4.56. The largest absolute Gasteiger partial charge is 0.110 e. The van der Waals surface area contributed by atoms with Crippen molar-refractivity contribution in [1.82, 2.24) is 0 Å². The lowest BCUT2D eigenvalue weighted by atomic mass is 10.1. The van der Waals surface area contributed by atoms with E-state index < -0.39 is 0 Å². The van der Waals surface area contributed by atoms with Gasteiger partial charge in [0.15, 0.2) is 0 Å². The minimum atomic E-state index is 0.518. The first kappa shape index (κ1) is 17.0. The van der Waals surface area contributed by atoms with Crippen molar-refractivity contribution in [3.8, 4) is 0 Å². The van der Waals surface area contributed by atoms with E-state index in [9.17, 15) is 0 Å². The summed E-state index contributed by atoms with van der Waals surface area (Å²) in [6.45, 7) is 8.93. The maximum atomic E-state index is 2.37. The lowest BCUT2D eigenvalue weighted by Crippen LogP contribution is -1.89. The molecule has 0 unspecified atom stereocenters. The maximum absolute atomic E-state index is 2.37. The molecule has 0 radical (unpaired) electrons. The lowest BCUT2D eigenvalue weighted by Gasteiger charge is -2.13. The summed E-state index contributed by atoms with van der Waals surface area (Å²) in [5.41, 5.74) is 2.86. The molecule has 24 heavy (non-hydrogen) atoms. The van der Waals surface area contributed by atoms with Gasteiger partial charge >= 0.3 is 0 Å². The highest BCUT2D eigenvalue weighted by Crippen LogP contribution is 2.56. The highest BCUT2D eigenvalue weighted by Gasteiger charge is 2.24. The summed E-state index contributed by atoms with van der Waals surface area (Å²) in [6.07, 6.45) is 0. The Morgan fingerprint density at radius 1 is 0.542 bits per heavy atom. The fourth-order valence-electron chi connectivity index (χ4n) is 2.87. The molecule has 2 aromatic carbocycles. The van der Waals surface area contributed by atoms with Crippen LogP contribution in [0.3, 0.4) is 0 Å². The fourth-order valence-corrected chi connectivity index (χ4v) is 8.64. The van der Waals surface area contributed by atoms with Crippen molar-refractivity contribution in [3.05, 3.63) is 67.1 Å². The average molecular weight is 389 g/mol. The summed E-state index contributed by atoms with van der Waals surface area (Å²) in [5.74, 6) is 0. The van der Waals surface area contributed by atoms with Gasteiger partial charge in [0.25, 0.3) is 0 Å². The van der Waals surface area contributed by atoms with Crippen LogP contribution in [-0.4, -0.2) is 0 Å². The van der Waals surface area contributed by atoms with Gasteiger partial charge in [0, 0.05) is 0 Å². The summed E-state index contributed by atoms with van der Waals surface area (Å²) in [6, 6.07) is 14.0. The van der Waals surface area contributed by atoms with Crippen LogP contribution in [0.1, 0.15) is 48.0 Å². The van der Waals surface area contributed by atoms with Crippen LogP contribution in [0.25, 0.3) is 10.8 Å². The highest BCUT2D eigenvalue weighted by atomic mass is 32.2. The molecule has 2 heterocycles. The Morgan fingerprint density at radius 2 is 0.875 bits per heavy atom. The van der Waals surface area contributed by atoms with Crippen molar-refractivity contribution in [2.75, 3.05) is 0 Å². The van der Waals surface area contributed by atoms with Crippen molar-refractivity contribution in [1.29, 1.82) is 0 Å². The van der Waals surface area contributed by atoms with Crippen LogP contribution in [-0.2, 0) is 0 Å². The molecule has 4 heteroatoms. The fraction of sp³-hybridized carbons (Fsp3) is 0.300. The molecule has 0 N–H and O–H groups in total. The molecule has 0 aliphatic carbocycles. The van der Waals surface area contributed by atoms with Crippen molar-refractivity contribution in [2.24, 2.45) is 0 Å². The van der Waals surface area contributed by atoms with Crippen LogP contribution in [0.2, 0.25) is 0 Å². The van der Waals surface area contributed by atoms with Gasteiger partial charge in [-0.3, -0.25) is 0 Å². The summed E-state index contributed by atoms with van der Waals surface area (Å²) in [4.78, 5) is 5.87. The van der Waals surface area contributed by atoms with Gasteiger partial charge in [-0.25, -0.2) is 0 Å². The molecule has 2 aromatic rings. The molecule has 0 atom stereocenters. The van der Waals surface area contributed by atoms with Crippen LogP contribution in [0, 0.1) is 0 Å². The predicted octanol–water partition coefficient (Wildman–Crippen LogP) is 8.30. The Labute approximate surface area is 161 Å². The monoisotopic (exact) mass is 388 g/mol. The Morgan fingerprint density at radius 3 is 1.21 bits per heavy atom. The van der Waals surface area contributed by atoms with E-state index in [0.717, 1.165) is 0 Å². The summed E-state index contributed by atoms with van der Waals surface area (Å²) in [7, 11) is 0. The SMILES string of the molecule is CC1=C(C)SC(c2ccc3cc(C4SC(C)=C(C)S4)ccc3c2)S1. The van der Waals surface area contributed by atoms with Crippen molar-refractivity contribution in [3.63, 3.8) is 0 Å². The third-order valence-corrected chi connectivity index (χ3v) is 10.6. The Hall–Kier alpha value is -0.420. The second-order valence-corrected chi connectivity index (χ2v) is 12.1. The molecule has 0 amide bonds. The maximum Gasteiger partial charge on any atom is 0.0839 e. The van der Waals surface area contributed by atoms with Crippen LogP contribution < -0.4 is 0 Å². The van der Waals surface area contributed by atoms with Gasteiger partial charge in [0.05, 0.1) is 9.16 Å². The first-order valence-electron chi connectivity index (χ1n) is 8.06. The zero-order chi connectivity index (χ0) is 16.8. The number of rotatable bonds is 2. The molecule has 2 aliphatic rings.